The van der Waals surface area contributed by atoms with Gasteiger partial charge in [-0.25, -0.2) is 4.79 Å². The number of nitrogens with zero attached hydrogens (tertiary/aromatic N) is 1. The molecule has 0 spiro atoms. The number of aliphatic carboxylic acids is 1. The number of benzene rings is 1. The maximum Gasteiger partial charge on any atom is 0.337 e. The van der Waals surface area contributed by atoms with Crippen molar-refractivity contribution in [1.29, 1.82) is 0 Å². The molecule has 82 valence electrons. The Labute approximate surface area is 92.6 Å². The van der Waals surface area contributed by atoms with Crippen molar-refractivity contribution in [3.05, 3.63) is 41.0 Å². The number of phenolic OH excluding ortho intramolecular Hbond substituents is 1. The highest BCUT2D eigenvalue weighted by molar-refractivity contribution is 6.28. The number of hydrogen-bond acceptors (Lipinski definition) is 3. The summed E-state index contributed by atoms with van der Waals surface area (Å²) >= 11 is 0. The number of hydrogen-bond donors (Lipinski definition) is 2. The lowest BCUT2D eigenvalue weighted by atomic mass is 10.0. The van der Waals surface area contributed by atoms with E-state index in [2.05, 4.69) is 4.99 Å². The van der Waals surface area contributed by atoms with E-state index in [0.717, 1.165) is 0 Å². The number of carbonyl (C=O) groups is 1. The first kappa shape index (κ1) is 10.4. The fraction of sp³-hybridized carbons (Fsp3) is 0.167. The van der Waals surface area contributed by atoms with Gasteiger partial charge in [0, 0.05) is 5.56 Å². The Balaban J connectivity index is 2.52. The van der Waals surface area contributed by atoms with Gasteiger partial charge in [-0.15, -0.1) is 0 Å². The minimum Gasteiger partial charge on any atom is -0.507 e. The van der Waals surface area contributed by atoms with Crippen LogP contribution in [0.3, 0.4) is 0 Å². The van der Waals surface area contributed by atoms with Crippen molar-refractivity contribution < 1.29 is 15.0 Å². The third-order valence-electron chi connectivity index (χ3n) is 2.51. The molecule has 1 heterocycles. The lowest BCUT2D eigenvalue weighted by Gasteiger charge is -2.05. The van der Waals surface area contributed by atoms with E-state index in [0.29, 0.717) is 23.4 Å². The molecule has 16 heavy (non-hydrogen) atoms. The fourth-order valence-electron chi connectivity index (χ4n) is 1.74. The van der Waals surface area contributed by atoms with Gasteiger partial charge in [0.2, 0.25) is 0 Å². The van der Waals surface area contributed by atoms with Gasteiger partial charge in [-0.3, -0.25) is 4.99 Å². The second-order valence-corrected chi connectivity index (χ2v) is 3.64. The SMILES string of the molecule is CC1=C(C(=O)O)C(c2ccccc2O)=NC1. The highest BCUT2D eigenvalue weighted by Crippen LogP contribution is 2.25. The Morgan fingerprint density at radius 2 is 2.06 bits per heavy atom. The van der Waals surface area contributed by atoms with E-state index in [1.54, 1.807) is 25.1 Å². The molecule has 0 unspecified atom stereocenters. The Morgan fingerprint density at radius 1 is 1.38 bits per heavy atom. The first-order valence-corrected chi connectivity index (χ1v) is 4.87. The smallest absolute Gasteiger partial charge is 0.337 e. The van der Waals surface area contributed by atoms with E-state index >= 15 is 0 Å². The lowest BCUT2D eigenvalue weighted by Crippen LogP contribution is -2.12. The Kier molecular flexibility index (Phi) is 2.48. The van der Waals surface area contributed by atoms with Crippen LogP contribution in [0.5, 0.6) is 5.75 Å². The van der Waals surface area contributed by atoms with E-state index in [4.69, 9.17) is 5.11 Å². The zero-order chi connectivity index (χ0) is 11.7. The first-order valence-electron chi connectivity index (χ1n) is 4.87. The summed E-state index contributed by atoms with van der Waals surface area (Å²) in [6, 6.07) is 6.61. The number of phenols is 1. The predicted octanol–water partition coefficient (Wildman–Crippen LogP) is 1.60. The molecule has 4 heteroatoms. The zero-order valence-electron chi connectivity index (χ0n) is 8.77. The van der Waals surface area contributed by atoms with Gasteiger partial charge in [0.05, 0.1) is 17.8 Å². The second kappa shape index (κ2) is 3.81. The molecule has 2 rings (SSSR count). The van der Waals surface area contributed by atoms with Gasteiger partial charge in [-0.05, 0) is 24.6 Å². The van der Waals surface area contributed by atoms with Crippen molar-refractivity contribution >= 4 is 11.7 Å². The summed E-state index contributed by atoms with van der Waals surface area (Å²) in [5, 5.41) is 18.7. The van der Waals surface area contributed by atoms with Crippen LogP contribution in [-0.4, -0.2) is 28.4 Å². The van der Waals surface area contributed by atoms with Crippen LogP contribution in [0.2, 0.25) is 0 Å². The molecule has 1 aliphatic heterocycles. The first-order chi connectivity index (χ1) is 7.61. The van der Waals surface area contributed by atoms with Crippen LogP contribution in [0, 0.1) is 0 Å². The largest absolute Gasteiger partial charge is 0.507 e. The molecule has 0 aromatic heterocycles. The number of carboxylic acid groups (broad SMARTS) is 1. The summed E-state index contributed by atoms with van der Waals surface area (Å²) in [6.45, 7) is 2.12. The summed E-state index contributed by atoms with van der Waals surface area (Å²) in [6.07, 6.45) is 0. The number of carboxylic acids is 1. The lowest BCUT2D eigenvalue weighted by molar-refractivity contribution is -0.132. The molecule has 0 bridgehead atoms. The molecular weight excluding hydrogens is 206 g/mol. The van der Waals surface area contributed by atoms with Gasteiger partial charge in [-0.2, -0.15) is 0 Å². The van der Waals surface area contributed by atoms with Crippen molar-refractivity contribution in [3.63, 3.8) is 0 Å². The van der Waals surface area contributed by atoms with Crippen LogP contribution in [0.1, 0.15) is 12.5 Å². The van der Waals surface area contributed by atoms with Gasteiger partial charge in [0.1, 0.15) is 5.75 Å². The van der Waals surface area contributed by atoms with Crippen molar-refractivity contribution in [2.45, 2.75) is 6.92 Å². The van der Waals surface area contributed by atoms with Crippen molar-refractivity contribution in [1.82, 2.24) is 0 Å². The van der Waals surface area contributed by atoms with Crippen LogP contribution in [0.15, 0.2) is 40.4 Å². The standard InChI is InChI=1S/C12H11NO3/c1-7-6-13-11(10(7)12(15)16)8-4-2-3-5-9(8)14/h2-5,14H,6H2,1H3,(H,15,16). The average molecular weight is 217 g/mol. The number of rotatable bonds is 2. The van der Waals surface area contributed by atoms with Gasteiger partial charge in [0.25, 0.3) is 0 Å². The number of aliphatic imine (C=N–C) groups is 1. The van der Waals surface area contributed by atoms with E-state index in [1.807, 2.05) is 0 Å². The average Bonchev–Trinajstić information content (AvgIpc) is 2.61. The fourth-order valence-corrected chi connectivity index (χ4v) is 1.74. The zero-order valence-corrected chi connectivity index (χ0v) is 8.77. The molecule has 0 radical (unpaired) electrons. The monoisotopic (exact) mass is 217 g/mol. The van der Waals surface area contributed by atoms with Crippen molar-refractivity contribution in [3.8, 4) is 5.75 Å². The summed E-state index contributed by atoms with van der Waals surface area (Å²) in [7, 11) is 0. The maximum atomic E-state index is 11.1. The molecule has 1 aromatic carbocycles. The summed E-state index contributed by atoms with van der Waals surface area (Å²) in [5.74, 6) is -0.952. The van der Waals surface area contributed by atoms with E-state index < -0.39 is 5.97 Å². The normalized spacial score (nSPS) is 15.2. The van der Waals surface area contributed by atoms with Crippen LogP contribution >= 0.6 is 0 Å². The summed E-state index contributed by atoms with van der Waals surface area (Å²) in [4.78, 5) is 15.2. The molecule has 2 N–H and O–H groups in total. The minimum absolute atomic E-state index is 0.0506. The molecule has 0 aliphatic carbocycles. The third-order valence-corrected chi connectivity index (χ3v) is 2.51. The van der Waals surface area contributed by atoms with Gasteiger partial charge >= 0.3 is 5.97 Å². The molecule has 1 aromatic rings. The van der Waals surface area contributed by atoms with Crippen molar-refractivity contribution in [2.75, 3.05) is 6.54 Å². The number of aromatic hydroxyl groups is 1. The van der Waals surface area contributed by atoms with E-state index in [-0.39, 0.29) is 11.3 Å². The summed E-state index contributed by atoms with van der Waals surface area (Å²) in [5.41, 5.74) is 1.74. The quantitative estimate of drug-likeness (QED) is 0.790. The van der Waals surface area contributed by atoms with E-state index in [9.17, 15) is 9.90 Å². The Bertz CT molecular complexity index is 515. The van der Waals surface area contributed by atoms with Crippen molar-refractivity contribution in [2.24, 2.45) is 4.99 Å². The van der Waals surface area contributed by atoms with E-state index in [1.165, 1.54) is 6.07 Å². The van der Waals surface area contributed by atoms with Crippen LogP contribution in [0.4, 0.5) is 0 Å². The summed E-state index contributed by atoms with van der Waals surface area (Å²) < 4.78 is 0. The topological polar surface area (TPSA) is 69.9 Å². The molecule has 0 saturated heterocycles. The second-order valence-electron chi connectivity index (χ2n) is 3.64. The van der Waals surface area contributed by atoms with Crippen LogP contribution < -0.4 is 0 Å². The molecule has 0 atom stereocenters. The molecule has 0 amide bonds. The predicted molar refractivity (Wildman–Crippen MR) is 59.8 cm³/mol. The molecular formula is C12H11NO3. The molecule has 0 saturated carbocycles. The van der Waals surface area contributed by atoms with Gasteiger partial charge < -0.3 is 10.2 Å². The Hall–Kier alpha value is -2.10. The highest BCUT2D eigenvalue weighted by atomic mass is 16.4. The molecule has 0 fully saturated rings. The number of para-hydroxylation sites is 1. The van der Waals surface area contributed by atoms with Crippen LogP contribution in [0.25, 0.3) is 0 Å². The molecule has 4 nitrogen and oxygen atoms in total. The van der Waals surface area contributed by atoms with Gasteiger partial charge in [0.15, 0.2) is 0 Å². The highest BCUT2D eigenvalue weighted by Gasteiger charge is 2.25. The molecule has 1 aliphatic rings. The third kappa shape index (κ3) is 1.58. The van der Waals surface area contributed by atoms with Crippen LogP contribution in [-0.2, 0) is 4.79 Å². The van der Waals surface area contributed by atoms with Gasteiger partial charge in [-0.1, -0.05) is 12.1 Å². The maximum absolute atomic E-state index is 11.1. The minimum atomic E-state index is -1.00. The Morgan fingerprint density at radius 3 is 2.69 bits per heavy atom.